The van der Waals surface area contributed by atoms with E-state index in [0.29, 0.717) is 0 Å². The second kappa shape index (κ2) is 7.45. The van der Waals surface area contributed by atoms with Crippen LogP contribution in [0.4, 0.5) is 11.4 Å². The third-order valence-electron chi connectivity index (χ3n) is 2.99. The summed E-state index contributed by atoms with van der Waals surface area (Å²) >= 11 is 0. The number of nitrogens with one attached hydrogen (secondary N) is 2. The first-order valence-electron chi connectivity index (χ1n) is 6.99. The van der Waals surface area contributed by atoms with Crippen LogP contribution in [0.25, 0.3) is 0 Å². The lowest BCUT2D eigenvalue weighted by molar-refractivity contribution is -0.117. The van der Waals surface area contributed by atoms with Crippen molar-refractivity contribution in [2.75, 3.05) is 10.6 Å². The van der Waals surface area contributed by atoms with Crippen LogP contribution in [0, 0.1) is 0 Å². The standard InChI is InChI=1S/C17H20N2O2/c1-13(20)11-17(21)19-16-9-7-15(8-10-16)18-12-14-5-3-2-4-6-14/h2-10,13,18,20H,11-12H2,1H3,(H,19,21). The summed E-state index contributed by atoms with van der Waals surface area (Å²) in [5.74, 6) is -0.185. The smallest absolute Gasteiger partial charge is 0.226 e. The van der Waals surface area contributed by atoms with E-state index in [9.17, 15) is 4.79 Å². The van der Waals surface area contributed by atoms with Gasteiger partial charge in [-0.15, -0.1) is 0 Å². The number of aliphatic hydroxyl groups is 1. The van der Waals surface area contributed by atoms with Crippen molar-refractivity contribution in [2.24, 2.45) is 0 Å². The van der Waals surface area contributed by atoms with Crippen LogP contribution in [0.1, 0.15) is 18.9 Å². The Kier molecular flexibility index (Phi) is 5.35. The minimum atomic E-state index is -0.628. The third-order valence-corrected chi connectivity index (χ3v) is 2.99. The maximum Gasteiger partial charge on any atom is 0.226 e. The predicted octanol–water partition coefficient (Wildman–Crippen LogP) is 3.01. The van der Waals surface area contributed by atoms with Gasteiger partial charge in [0.1, 0.15) is 0 Å². The summed E-state index contributed by atoms with van der Waals surface area (Å²) in [6.07, 6.45) is -0.523. The molecule has 0 aliphatic heterocycles. The second-order valence-electron chi connectivity index (χ2n) is 5.02. The average Bonchev–Trinajstić information content (AvgIpc) is 2.47. The zero-order valence-electron chi connectivity index (χ0n) is 12.0. The highest BCUT2D eigenvalue weighted by Crippen LogP contribution is 2.15. The lowest BCUT2D eigenvalue weighted by Crippen LogP contribution is -2.17. The van der Waals surface area contributed by atoms with E-state index in [0.717, 1.165) is 17.9 Å². The maximum absolute atomic E-state index is 11.5. The molecule has 1 amide bonds. The molecule has 0 bridgehead atoms. The molecule has 110 valence electrons. The fourth-order valence-corrected chi connectivity index (χ4v) is 1.95. The van der Waals surface area contributed by atoms with E-state index in [1.165, 1.54) is 5.56 Å². The predicted molar refractivity (Wildman–Crippen MR) is 85.1 cm³/mol. The zero-order chi connectivity index (χ0) is 15.1. The van der Waals surface area contributed by atoms with Crippen LogP contribution in [0.15, 0.2) is 54.6 Å². The molecule has 0 radical (unpaired) electrons. The molecule has 2 rings (SSSR count). The van der Waals surface area contributed by atoms with Gasteiger partial charge in [-0.3, -0.25) is 4.79 Å². The summed E-state index contributed by atoms with van der Waals surface area (Å²) in [5, 5.41) is 15.2. The number of hydrogen-bond donors (Lipinski definition) is 3. The van der Waals surface area contributed by atoms with E-state index >= 15 is 0 Å². The summed E-state index contributed by atoms with van der Waals surface area (Å²) < 4.78 is 0. The Hall–Kier alpha value is -2.33. The number of amides is 1. The summed E-state index contributed by atoms with van der Waals surface area (Å²) in [6.45, 7) is 2.35. The molecular weight excluding hydrogens is 264 g/mol. The van der Waals surface area contributed by atoms with E-state index in [1.54, 1.807) is 6.92 Å². The van der Waals surface area contributed by atoms with Crippen molar-refractivity contribution in [3.63, 3.8) is 0 Å². The average molecular weight is 284 g/mol. The Bertz CT molecular complexity index is 565. The largest absolute Gasteiger partial charge is 0.393 e. The van der Waals surface area contributed by atoms with Crippen LogP contribution in [-0.2, 0) is 11.3 Å². The topological polar surface area (TPSA) is 61.4 Å². The van der Waals surface area contributed by atoms with Crippen LogP contribution in [-0.4, -0.2) is 17.1 Å². The molecule has 1 atom stereocenters. The van der Waals surface area contributed by atoms with E-state index in [2.05, 4.69) is 22.8 Å². The van der Waals surface area contributed by atoms with Crippen molar-refractivity contribution in [2.45, 2.75) is 26.0 Å². The van der Waals surface area contributed by atoms with Crippen molar-refractivity contribution in [3.05, 3.63) is 60.2 Å². The molecule has 0 aliphatic rings. The number of aliphatic hydroxyl groups excluding tert-OH is 1. The first kappa shape index (κ1) is 15.1. The summed E-state index contributed by atoms with van der Waals surface area (Å²) in [5.41, 5.74) is 2.94. The van der Waals surface area contributed by atoms with Gasteiger partial charge in [-0.1, -0.05) is 30.3 Å². The molecule has 0 spiro atoms. The minimum absolute atomic E-state index is 0.105. The normalized spacial score (nSPS) is 11.7. The lowest BCUT2D eigenvalue weighted by Gasteiger charge is -2.09. The van der Waals surface area contributed by atoms with Gasteiger partial charge in [-0.05, 0) is 36.8 Å². The highest BCUT2D eigenvalue weighted by atomic mass is 16.3. The molecule has 0 aliphatic carbocycles. The molecule has 21 heavy (non-hydrogen) atoms. The van der Waals surface area contributed by atoms with Crippen LogP contribution in [0.5, 0.6) is 0 Å². The van der Waals surface area contributed by atoms with Gasteiger partial charge < -0.3 is 15.7 Å². The first-order valence-corrected chi connectivity index (χ1v) is 6.99. The fraction of sp³-hybridized carbons (Fsp3) is 0.235. The van der Waals surface area contributed by atoms with E-state index < -0.39 is 6.10 Å². The van der Waals surface area contributed by atoms with Gasteiger partial charge >= 0.3 is 0 Å². The Balaban J connectivity index is 1.86. The molecule has 2 aromatic rings. The van der Waals surface area contributed by atoms with Crippen molar-refractivity contribution < 1.29 is 9.90 Å². The van der Waals surface area contributed by atoms with Crippen molar-refractivity contribution >= 4 is 17.3 Å². The molecule has 0 heterocycles. The number of hydrogen-bond acceptors (Lipinski definition) is 3. The van der Waals surface area contributed by atoms with Crippen LogP contribution < -0.4 is 10.6 Å². The Morgan fingerprint density at radius 2 is 1.67 bits per heavy atom. The highest BCUT2D eigenvalue weighted by Gasteiger charge is 2.06. The molecular formula is C17H20N2O2. The number of anilines is 2. The van der Waals surface area contributed by atoms with E-state index in [4.69, 9.17) is 5.11 Å². The van der Waals surface area contributed by atoms with E-state index in [1.807, 2.05) is 42.5 Å². The molecule has 0 fully saturated rings. The van der Waals surface area contributed by atoms with Gasteiger partial charge in [0.15, 0.2) is 0 Å². The van der Waals surface area contributed by atoms with Crippen LogP contribution in [0.3, 0.4) is 0 Å². The Morgan fingerprint density at radius 1 is 1.05 bits per heavy atom. The van der Waals surface area contributed by atoms with E-state index in [-0.39, 0.29) is 12.3 Å². The van der Waals surface area contributed by atoms with Gasteiger partial charge in [0.05, 0.1) is 12.5 Å². The van der Waals surface area contributed by atoms with Gasteiger partial charge in [0.25, 0.3) is 0 Å². The van der Waals surface area contributed by atoms with Crippen molar-refractivity contribution in [3.8, 4) is 0 Å². The minimum Gasteiger partial charge on any atom is -0.393 e. The molecule has 1 unspecified atom stereocenters. The zero-order valence-corrected chi connectivity index (χ0v) is 12.0. The highest BCUT2D eigenvalue weighted by molar-refractivity contribution is 5.91. The third kappa shape index (κ3) is 5.28. The SMILES string of the molecule is CC(O)CC(=O)Nc1ccc(NCc2ccccc2)cc1. The molecule has 4 nitrogen and oxygen atoms in total. The van der Waals surface area contributed by atoms with Crippen molar-refractivity contribution in [1.82, 2.24) is 0 Å². The quantitative estimate of drug-likeness (QED) is 0.764. The molecule has 0 aromatic heterocycles. The second-order valence-corrected chi connectivity index (χ2v) is 5.02. The number of rotatable bonds is 6. The molecule has 2 aromatic carbocycles. The summed E-state index contributed by atoms with van der Waals surface area (Å²) in [4.78, 5) is 11.5. The van der Waals surface area contributed by atoms with Crippen LogP contribution in [0.2, 0.25) is 0 Å². The number of carbonyl (C=O) groups is 1. The number of carbonyl (C=O) groups excluding carboxylic acids is 1. The van der Waals surface area contributed by atoms with Gasteiger partial charge in [0, 0.05) is 17.9 Å². The van der Waals surface area contributed by atoms with Crippen molar-refractivity contribution in [1.29, 1.82) is 0 Å². The Labute approximate surface area is 124 Å². The Morgan fingerprint density at radius 3 is 2.29 bits per heavy atom. The number of benzene rings is 2. The lowest BCUT2D eigenvalue weighted by atomic mass is 10.2. The van der Waals surface area contributed by atoms with Gasteiger partial charge in [-0.2, -0.15) is 0 Å². The first-order chi connectivity index (χ1) is 10.1. The monoisotopic (exact) mass is 284 g/mol. The van der Waals surface area contributed by atoms with Gasteiger partial charge in [-0.25, -0.2) is 0 Å². The molecule has 4 heteroatoms. The fourth-order valence-electron chi connectivity index (χ4n) is 1.95. The molecule has 0 saturated heterocycles. The molecule has 0 saturated carbocycles. The maximum atomic E-state index is 11.5. The van der Waals surface area contributed by atoms with Gasteiger partial charge in [0.2, 0.25) is 5.91 Å². The molecule has 3 N–H and O–H groups in total. The van der Waals surface area contributed by atoms with Crippen LogP contribution >= 0.6 is 0 Å². The summed E-state index contributed by atoms with van der Waals surface area (Å²) in [7, 11) is 0. The summed E-state index contributed by atoms with van der Waals surface area (Å²) in [6, 6.07) is 17.7.